The number of anilines is 1. The van der Waals surface area contributed by atoms with Gasteiger partial charge < -0.3 is 15.4 Å². The Kier molecular flexibility index (Phi) is 4.66. The van der Waals surface area contributed by atoms with Crippen LogP contribution >= 0.6 is 11.6 Å². The first-order valence-corrected chi connectivity index (χ1v) is 8.27. The van der Waals surface area contributed by atoms with Crippen LogP contribution in [0.5, 0.6) is 0 Å². The summed E-state index contributed by atoms with van der Waals surface area (Å²) in [7, 11) is 0. The fourth-order valence-corrected chi connectivity index (χ4v) is 3.11. The average molecular weight is 308 g/mol. The lowest BCUT2D eigenvalue weighted by atomic mass is 9.89. The van der Waals surface area contributed by atoms with E-state index in [1.54, 1.807) is 0 Å². The molecule has 0 radical (unpaired) electrons. The molecule has 0 spiro atoms. The number of nitrogens with zero attached hydrogens (tertiary/aromatic N) is 1. The number of benzene rings is 1. The van der Waals surface area contributed by atoms with E-state index >= 15 is 0 Å². The van der Waals surface area contributed by atoms with Gasteiger partial charge in [-0.15, -0.1) is 11.6 Å². The Labute approximate surface area is 129 Å². The number of aliphatic hydroxyl groups is 1. The van der Waals surface area contributed by atoms with Gasteiger partial charge in [0.25, 0.3) is 0 Å². The molecule has 1 aliphatic carbocycles. The summed E-state index contributed by atoms with van der Waals surface area (Å²) in [4.78, 5) is 8.20. The van der Waals surface area contributed by atoms with Crippen LogP contribution in [-0.4, -0.2) is 33.6 Å². The van der Waals surface area contributed by atoms with Crippen molar-refractivity contribution < 1.29 is 5.11 Å². The Morgan fingerprint density at radius 2 is 2.14 bits per heavy atom. The maximum absolute atomic E-state index is 9.49. The van der Waals surface area contributed by atoms with Crippen LogP contribution in [0.25, 0.3) is 11.0 Å². The highest BCUT2D eigenvalue weighted by molar-refractivity contribution is 6.18. The molecule has 1 atom stereocenters. The molecule has 1 saturated carbocycles. The Bertz CT molecular complexity index is 592. The minimum absolute atomic E-state index is 0.241. The van der Waals surface area contributed by atoms with E-state index in [0.29, 0.717) is 12.5 Å². The Morgan fingerprint density at radius 3 is 2.90 bits per heavy atom. The van der Waals surface area contributed by atoms with E-state index in [2.05, 4.69) is 16.4 Å². The van der Waals surface area contributed by atoms with Crippen LogP contribution in [0.1, 0.15) is 43.8 Å². The minimum Gasteiger partial charge on any atom is -0.390 e. The summed E-state index contributed by atoms with van der Waals surface area (Å²) >= 11 is 5.60. The Balaban J connectivity index is 1.75. The van der Waals surface area contributed by atoms with Crippen LogP contribution in [0.2, 0.25) is 0 Å². The number of fused-ring (bicyclic) bond motifs is 1. The first-order valence-electron chi connectivity index (χ1n) is 7.74. The predicted octanol–water partition coefficient (Wildman–Crippen LogP) is 3.62. The SMILES string of the molecule is OC(CCl)CNc1ccc2nc(C3CCCCC3)[nH]c2c1. The topological polar surface area (TPSA) is 60.9 Å². The van der Waals surface area contributed by atoms with E-state index in [9.17, 15) is 5.11 Å². The quantitative estimate of drug-likeness (QED) is 0.739. The molecule has 0 amide bonds. The molecule has 0 bridgehead atoms. The average Bonchev–Trinajstić information content (AvgIpc) is 2.96. The van der Waals surface area contributed by atoms with E-state index < -0.39 is 6.10 Å². The lowest BCUT2D eigenvalue weighted by Crippen LogP contribution is -2.20. The van der Waals surface area contributed by atoms with Gasteiger partial charge in [0.2, 0.25) is 0 Å². The van der Waals surface area contributed by atoms with Gasteiger partial charge in [-0.3, -0.25) is 0 Å². The number of aliphatic hydroxyl groups excluding tert-OH is 1. The van der Waals surface area contributed by atoms with E-state index in [1.165, 1.54) is 32.1 Å². The summed E-state index contributed by atoms with van der Waals surface area (Å²) < 4.78 is 0. The van der Waals surface area contributed by atoms with Gasteiger partial charge in [0.05, 0.1) is 23.0 Å². The van der Waals surface area contributed by atoms with E-state index in [0.717, 1.165) is 22.5 Å². The van der Waals surface area contributed by atoms with Gasteiger partial charge in [-0.05, 0) is 31.0 Å². The standard InChI is InChI=1S/C16H22ClN3O/c17-9-13(21)10-18-12-6-7-14-15(8-12)20-16(19-14)11-4-2-1-3-5-11/h6-8,11,13,18,21H,1-5,9-10H2,(H,19,20). The first kappa shape index (κ1) is 14.7. The molecule has 4 nitrogen and oxygen atoms in total. The molecule has 3 N–H and O–H groups in total. The van der Waals surface area contributed by atoms with Crippen molar-refractivity contribution in [1.29, 1.82) is 0 Å². The van der Waals surface area contributed by atoms with Crippen LogP contribution in [0, 0.1) is 0 Å². The maximum atomic E-state index is 9.49. The first-order chi connectivity index (χ1) is 10.3. The number of nitrogens with one attached hydrogen (secondary N) is 2. The normalized spacial score (nSPS) is 18.0. The van der Waals surface area contributed by atoms with Crippen molar-refractivity contribution in [3.8, 4) is 0 Å². The van der Waals surface area contributed by atoms with Crippen molar-refractivity contribution in [2.45, 2.75) is 44.1 Å². The second-order valence-electron chi connectivity index (χ2n) is 5.88. The van der Waals surface area contributed by atoms with Crippen molar-refractivity contribution in [1.82, 2.24) is 9.97 Å². The third kappa shape index (κ3) is 3.50. The van der Waals surface area contributed by atoms with Crippen molar-refractivity contribution >= 4 is 28.3 Å². The number of H-pyrrole nitrogens is 1. The fraction of sp³-hybridized carbons (Fsp3) is 0.562. The second kappa shape index (κ2) is 6.67. The van der Waals surface area contributed by atoms with E-state index in [-0.39, 0.29) is 5.88 Å². The lowest BCUT2D eigenvalue weighted by Gasteiger charge is -2.18. The highest BCUT2D eigenvalue weighted by Gasteiger charge is 2.18. The zero-order valence-electron chi connectivity index (χ0n) is 12.1. The zero-order valence-corrected chi connectivity index (χ0v) is 12.9. The second-order valence-corrected chi connectivity index (χ2v) is 6.19. The Morgan fingerprint density at radius 1 is 1.33 bits per heavy atom. The number of halogens is 1. The molecule has 1 unspecified atom stereocenters. The molecule has 1 aliphatic rings. The molecular weight excluding hydrogens is 286 g/mol. The number of aromatic amines is 1. The molecule has 5 heteroatoms. The van der Waals surface area contributed by atoms with Crippen molar-refractivity contribution in [2.24, 2.45) is 0 Å². The summed E-state index contributed by atoms with van der Waals surface area (Å²) in [6, 6.07) is 6.07. The predicted molar refractivity (Wildman–Crippen MR) is 87.1 cm³/mol. The molecular formula is C16H22ClN3O. The fourth-order valence-electron chi connectivity index (χ4n) is 3.00. The van der Waals surface area contributed by atoms with Crippen LogP contribution in [0.3, 0.4) is 0 Å². The number of imidazole rings is 1. The lowest BCUT2D eigenvalue weighted by molar-refractivity contribution is 0.211. The third-order valence-electron chi connectivity index (χ3n) is 4.21. The highest BCUT2D eigenvalue weighted by atomic mass is 35.5. The van der Waals surface area contributed by atoms with Gasteiger partial charge in [0.15, 0.2) is 0 Å². The molecule has 21 heavy (non-hydrogen) atoms. The summed E-state index contributed by atoms with van der Waals surface area (Å²) in [5, 5.41) is 12.7. The van der Waals surface area contributed by atoms with Crippen LogP contribution < -0.4 is 5.32 Å². The minimum atomic E-state index is -0.526. The molecule has 2 aromatic rings. The molecule has 0 aliphatic heterocycles. The third-order valence-corrected chi connectivity index (χ3v) is 4.57. The molecule has 1 heterocycles. The number of hydrogen-bond donors (Lipinski definition) is 3. The summed E-state index contributed by atoms with van der Waals surface area (Å²) in [6.45, 7) is 0.457. The van der Waals surface area contributed by atoms with Gasteiger partial charge in [-0.1, -0.05) is 19.3 Å². The van der Waals surface area contributed by atoms with Crippen LogP contribution in [-0.2, 0) is 0 Å². The number of aromatic nitrogens is 2. The molecule has 3 rings (SSSR count). The van der Waals surface area contributed by atoms with Crippen LogP contribution in [0.15, 0.2) is 18.2 Å². The van der Waals surface area contributed by atoms with E-state index in [1.807, 2.05) is 12.1 Å². The van der Waals surface area contributed by atoms with E-state index in [4.69, 9.17) is 16.6 Å². The van der Waals surface area contributed by atoms with Gasteiger partial charge in [-0.25, -0.2) is 4.98 Å². The maximum Gasteiger partial charge on any atom is 0.110 e. The van der Waals surface area contributed by atoms with Gasteiger partial charge in [0, 0.05) is 18.2 Å². The molecule has 0 saturated heterocycles. The summed E-state index contributed by atoms with van der Waals surface area (Å²) in [5.41, 5.74) is 3.05. The van der Waals surface area contributed by atoms with Crippen molar-refractivity contribution in [2.75, 3.05) is 17.7 Å². The Hall–Kier alpha value is -1.26. The summed E-state index contributed by atoms with van der Waals surface area (Å²) in [6.07, 6.45) is 5.94. The largest absolute Gasteiger partial charge is 0.390 e. The van der Waals surface area contributed by atoms with Gasteiger partial charge in [0.1, 0.15) is 5.82 Å². The molecule has 1 aromatic heterocycles. The number of rotatable bonds is 5. The smallest absolute Gasteiger partial charge is 0.110 e. The van der Waals surface area contributed by atoms with Crippen molar-refractivity contribution in [3.05, 3.63) is 24.0 Å². The summed E-state index contributed by atoms with van der Waals surface area (Å²) in [5.74, 6) is 1.95. The van der Waals surface area contributed by atoms with Gasteiger partial charge in [-0.2, -0.15) is 0 Å². The molecule has 1 aromatic carbocycles. The zero-order chi connectivity index (χ0) is 14.7. The van der Waals surface area contributed by atoms with Crippen molar-refractivity contribution in [3.63, 3.8) is 0 Å². The number of alkyl halides is 1. The molecule has 1 fully saturated rings. The van der Waals surface area contributed by atoms with Gasteiger partial charge >= 0.3 is 0 Å². The van der Waals surface area contributed by atoms with Crippen LogP contribution in [0.4, 0.5) is 5.69 Å². The molecule has 114 valence electrons. The monoisotopic (exact) mass is 307 g/mol. The number of hydrogen-bond acceptors (Lipinski definition) is 3. The highest BCUT2D eigenvalue weighted by Crippen LogP contribution is 2.32.